The molecular formula is C27H27N5O3. The zero-order chi connectivity index (χ0) is 24.2. The van der Waals surface area contributed by atoms with Crippen LogP contribution in [0.2, 0.25) is 0 Å². The number of benzene rings is 2. The highest BCUT2D eigenvalue weighted by Gasteiger charge is 2.18. The summed E-state index contributed by atoms with van der Waals surface area (Å²) in [5.74, 6) is 1.07. The molecule has 0 unspecified atom stereocenters. The van der Waals surface area contributed by atoms with Crippen LogP contribution >= 0.6 is 0 Å². The number of imidazole rings is 1. The summed E-state index contributed by atoms with van der Waals surface area (Å²) in [7, 11) is 1.61. The number of aryl methyl sites for hydroxylation is 1. The Morgan fingerprint density at radius 2 is 2.00 bits per heavy atom. The minimum atomic E-state index is -0.207. The van der Waals surface area contributed by atoms with Gasteiger partial charge in [0.05, 0.1) is 31.3 Å². The fraction of sp³-hybridized carbons (Fsp3) is 0.222. The Morgan fingerprint density at radius 3 is 2.80 bits per heavy atom. The van der Waals surface area contributed by atoms with Gasteiger partial charge in [-0.15, -0.1) is 0 Å². The molecule has 0 aliphatic heterocycles. The average molecular weight is 470 g/mol. The molecule has 2 N–H and O–H groups in total. The second-order valence-electron chi connectivity index (χ2n) is 8.16. The first-order chi connectivity index (χ1) is 17.2. The summed E-state index contributed by atoms with van der Waals surface area (Å²) in [5.41, 5.74) is 3.74. The molecule has 178 valence electrons. The van der Waals surface area contributed by atoms with Gasteiger partial charge in [-0.3, -0.25) is 4.79 Å². The van der Waals surface area contributed by atoms with Gasteiger partial charge in [-0.1, -0.05) is 18.2 Å². The number of hydrogen-bond donors (Lipinski definition) is 2. The van der Waals surface area contributed by atoms with Crippen LogP contribution in [0.3, 0.4) is 0 Å². The van der Waals surface area contributed by atoms with E-state index >= 15 is 0 Å². The van der Waals surface area contributed by atoms with E-state index in [0.717, 1.165) is 40.3 Å². The number of hydrogen-bond acceptors (Lipinski definition) is 5. The van der Waals surface area contributed by atoms with Gasteiger partial charge in [-0.2, -0.15) is 0 Å². The summed E-state index contributed by atoms with van der Waals surface area (Å²) in [5, 5.41) is 4.99. The molecule has 1 amide bonds. The monoisotopic (exact) mass is 469 g/mol. The normalized spacial score (nSPS) is 11.1. The fourth-order valence-corrected chi connectivity index (χ4v) is 4.23. The molecule has 0 aliphatic rings. The number of amides is 1. The van der Waals surface area contributed by atoms with E-state index in [4.69, 9.17) is 14.5 Å². The van der Waals surface area contributed by atoms with E-state index in [0.29, 0.717) is 36.0 Å². The van der Waals surface area contributed by atoms with Crippen LogP contribution in [0.5, 0.6) is 11.5 Å². The molecule has 3 aromatic heterocycles. The number of nitrogens with zero attached hydrogens (tertiary/aromatic N) is 3. The molecule has 8 heteroatoms. The van der Waals surface area contributed by atoms with Crippen molar-refractivity contribution in [2.24, 2.45) is 0 Å². The maximum Gasteiger partial charge on any atom is 0.269 e. The lowest BCUT2D eigenvalue weighted by molar-refractivity contribution is 0.0948. The molecule has 3 heterocycles. The van der Waals surface area contributed by atoms with Crippen LogP contribution < -0.4 is 14.8 Å². The van der Waals surface area contributed by atoms with Gasteiger partial charge in [0.2, 0.25) is 0 Å². The van der Waals surface area contributed by atoms with Crippen molar-refractivity contribution in [1.82, 2.24) is 24.8 Å². The van der Waals surface area contributed by atoms with Crippen molar-refractivity contribution < 1.29 is 14.3 Å². The van der Waals surface area contributed by atoms with Crippen LogP contribution in [0, 0.1) is 0 Å². The Labute approximate surface area is 202 Å². The molecule has 0 aliphatic carbocycles. The van der Waals surface area contributed by atoms with Crippen LogP contribution in [0.4, 0.5) is 0 Å². The van der Waals surface area contributed by atoms with Crippen molar-refractivity contribution in [2.75, 3.05) is 20.3 Å². The maximum atomic E-state index is 13.1. The number of rotatable bonds is 9. The molecule has 0 saturated carbocycles. The summed E-state index contributed by atoms with van der Waals surface area (Å²) < 4.78 is 13.2. The highest BCUT2D eigenvalue weighted by Crippen LogP contribution is 2.36. The van der Waals surface area contributed by atoms with Crippen molar-refractivity contribution >= 4 is 27.7 Å². The number of methoxy groups -OCH3 is 1. The predicted octanol–water partition coefficient (Wildman–Crippen LogP) is 4.81. The smallest absolute Gasteiger partial charge is 0.269 e. The minimum Gasteiger partial charge on any atom is -0.493 e. The Morgan fingerprint density at radius 1 is 1.11 bits per heavy atom. The van der Waals surface area contributed by atoms with Crippen LogP contribution in [0.15, 0.2) is 67.3 Å². The summed E-state index contributed by atoms with van der Waals surface area (Å²) in [6.45, 7) is 3.79. The van der Waals surface area contributed by atoms with Crippen molar-refractivity contribution in [3.8, 4) is 22.8 Å². The highest BCUT2D eigenvalue weighted by atomic mass is 16.5. The van der Waals surface area contributed by atoms with Crippen LogP contribution in [-0.2, 0) is 6.54 Å². The third-order valence-corrected chi connectivity index (χ3v) is 5.90. The summed E-state index contributed by atoms with van der Waals surface area (Å²) >= 11 is 0. The Kier molecular flexibility index (Phi) is 6.34. The minimum absolute atomic E-state index is 0.207. The molecule has 0 atom stereocenters. The number of aromatic amines is 1. The van der Waals surface area contributed by atoms with E-state index in [9.17, 15) is 4.79 Å². The molecule has 5 aromatic rings. The van der Waals surface area contributed by atoms with Gasteiger partial charge in [-0.25, -0.2) is 9.97 Å². The molecule has 0 radical (unpaired) electrons. The molecular weight excluding hydrogens is 442 g/mol. The second-order valence-corrected chi connectivity index (χ2v) is 8.16. The van der Waals surface area contributed by atoms with E-state index in [2.05, 4.69) is 15.3 Å². The van der Waals surface area contributed by atoms with Crippen molar-refractivity contribution in [3.63, 3.8) is 0 Å². The SMILES string of the molecule is CCOc1ccc(-c2nc(C(=O)NCCCn3ccnc3)cc3c2[nH]c2ccccc23)cc1OC. The highest BCUT2D eigenvalue weighted by molar-refractivity contribution is 6.13. The van der Waals surface area contributed by atoms with Crippen molar-refractivity contribution in [1.29, 1.82) is 0 Å². The Bertz CT molecular complexity index is 1470. The first-order valence-corrected chi connectivity index (χ1v) is 11.6. The lowest BCUT2D eigenvalue weighted by atomic mass is 10.1. The van der Waals surface area contributed by atoms with E-state index in [1.54, 1.807) is 19.6 Å². The molecule has 35 heavy (non-hydrogen) atoms. The van der Waals surface area contributed by atoms with Gasteiger partial charge in [0.1, 0.15) is 5.69 Å². The summed E-state index contributed by atoms with van der Waals surface area (Å²) in [4.78, 5) is 25.4. The van der Waals surface area contributed by atoms with E-state index < -0.39 is 0 Å². The number of pyridine rings is 1. The lowest BCUT2D eigenvalue weighted by Gasteiger charge is -2.12. The molecule has 0 spiro atoms. The molecule has 5 rings (SSSR count). The number of carbonyl (C=O) groups excluding carboxylic acids is 1. The number of nitrogens with one attached hydrogen (secondary N) is 2. The lowest BCUT2D eigenvalue weighted by Crippen LogP contribution is -2.26. The maximum absolute atomic E-state index is 13.1. The van der Waals surface area contributed by atoms with Crippen molar-refractivity contribution in [2.45, 2.75) is 19.9 Å². The van der Waals surface area contributed by atoms with Crippen molar-refractivity contribution in [3.05, 3.63) is 72.9 Å². The van der Waals surface area contributed by atoms with E-state index in [1.807, 2.05) is 66.2 Å². The first-order valence-electron chi connectivity index (χ1n) is 11.6. The van der Waals surface area contributed by atoms with Gasteiger partial charge < -0.3 is 24.3 Å². The Hall–Kier alpha value is -4.33. The third-order valence-electron chi connectivity index (χ3n) is 5.90. The average Bonchev–Trinajstić information content (AvgIpc) is 3.54. The van der Waals surface area contributed by atoms with Crippen LogP contribution in [0.1, 0.15) is 23.8 Å². The molecule has 2 aromatic carbocycles. The zero-order valence-electron chi connectivity index (χ0n) is 19.7. The van der Waals surface area contributed by atoms with Gasteiger partial charge in [0.25, 0.3) is 5.91 Å². The topological polar surface area (TPSA) is 94.1 Å². The van der Waals surface area contributed by atoms with Crippen LogP contribution in [0.25, 0.3) is 33.1 Å². The largest absolute Gasteiger partial charge is 0.493 e. The quantitative estimate of drug-likeness (QED) is 0.302. The van der Waals surface area contributed by atoms with E-state index in [-0.39, 0.29) is 5.91 Å². The molecule has 0 bridgehead atoms. The number of fused-ring (bicyclic) bond motifs is 3. The first kappa shape index (κ1) is 22.5. The molecule has 0 fully saturated rings. The van der Waals surface area contributed by atoms with Crippen LogP contribution in [-0.4, -0.2) is 45.7 Å². The van der Waals surface area contributed by atoms with Gasteiger partial charge >= 0.3 is 0 Å². The molecule has 0 saturated heterocycles. The number of aromatic nitrogens is 4. The summed E-state index contributed by atoms with van der Waals surface area (Å²) in [6.07, 6.45) is 6.22. The summed E-state index contributed by atoms with van der Waals surface area (Å²) in [6, 6.07) is 15.6. The number of carbonyl (C=O) groups is 1. The number of ether oxygens (including phenoxy) is 2. The number of para-hydroxylation sites is 1. The third kappa shape index (κ3) is 4.55. The Balaban J connectivity index is 1.52. The molecule has 8 nitrogen and oxygen atoms in total. The second kappa shape index (κ2) is 9.89. The number of H-pyrrole nitrogens is 1. The predicted molar refractivity (Wildman–Crippen MR) is 136 cm³/mol. The van der Waals surface area contributed by atoms with Gasteiger partial charge in [0.15, 0.2) is 11.5 Å². The zero-order valence-corrected chi connectivity index (χ0v) is 19.7. The fourth-order valence-electron chi connectivity index (χ4n) is 4.23. The van der Waals surface area contributed by atoms with Gasteiger partial charge in [0, 0.05) is 47.3 Å². The standard InChI is InChI=1S/C27H27N5O3/c1-3-35-23-10-9-18(15-24(23)34-2)25-26-20(19-7-4-5-8-21(19)30-26)16-22(31-25)27(33)29-11-6-13-32-14-12-28-17-32/h4-5,7-10,12,14-17,30H,3,6,11,13H2,1-2H3,(H,29,33). The van der Waals surface area contributed by atoms with E-state index in [1.165, 1.54) is 0 Å². The van der Waals surface area contributed by atoms with Gasteiger partial charge in [-0.05, 0) is 43.7 Å².